The molecule has 4 nitrogen and oxygen atoms in total. The van der Waals surface area contributed by atoms with E-state index >= 15 is 0 Å². The Morgan fingerprint density at radius 3 is 2.06 bits per heavy atom. The zero-order chi connectivity index (χ0) is 12.6. The van der Waals surface area contributed by atoms with Crippen LogP contribution < -0.4 is 5.32 Å². The molecule has 1 aliphatic carbocycles. The number of hydrogen-bond donors (Lipinski definition) is 2. The van der Waals surface area contributed by atoms with Crippen LogP contribution in [0.25, 0.3) is 0 Å². The van der Waals surface area contributed by atoms with E-state index in [0.717, 1.165) is 12.2 Å². The fraction of sp³-hybridized carbons (Fsp3) is 0.667. The Morgan fingerprint density at radius 2 is 1.69 bits per heavy atom. The lowest BCUT2D eigenvalue weighted by molar-refractivity contribution is -0.131. The molecule has 0 aromatic heterocycles. The van der Waals surface area contributed by atoms with Crippen LogP contribution in [0, 0.1) is 16.7 Å². The molecule has 2 N–H and O–H groups in total. The number of amides is 1. The first-order chi connectivity index (χ1) is 7.19. The van der Waals surface area contributed by atoms with Crippen LogP contribution in [0.1, 0.15) is 27.7 Å². The van der Waals surface area contributed by atoms with E-state index in [1.807, 2.05) is 0 Å². The number of hydrogen-bond acceptors (Lipinski definition) is 2. The van der Waals surface area contributed by atoms with E-state index in [0.29, 0.717) is 12.5 Å². The number of nitrogens with one attached hydrogen (secondary N) is 1. The topological polar surface area (TPSA) is 66.4 Å². The number of carboxylic acids is 1. The van der Waals surface area contributed by atoms with Crippen LogP contribution in [0.3, 0.4) is 0 Å². The highest BCUT2D eigenvalue weighted by atomic mass is 16.4. The van der Waals surface area contributed by atoms with Crippen molar-refractivity contribution in [2.45, 2.75) is 27.7 Å². The van der Waals surface area contributed by atoms with Crippen molar-refractivity contribution < 1.29 is 14.7 Å². The van der Waals surface area contributed by atoms with Gasteiger partial charge in [0.05, 0.1) is 0 Å². The Morgan fingerprint density at radius 1 is 1.19 bits per heavy atom. The number of rotatable bonds is 4. The second-order valence-corrected chi connectivity index (χ2v) is 5.41. The van der Waals surface area contributed by atoms with Gasteiger partial charge in [0.1, 0.15) is 0 Å². The molecule has 4 heteroatoms. The molecule has 1 saturated carbocycles. The molecule has 0 aliphatic heterocycles. The molecule has 16 heavy (non-hydrogen) atoms. The molecule has 1 fully saturated rings. The maximum atomic E-state index is 11.2. The maximum Gasteiger partial charge on any atom is 0.328 e. The Kier molecular flexibility index (Phi) is 3.13. The van der Waals surface area contributed by atoms with E-state index in [1.165, 1.54) is 0 Å². The molecule has 0 heterocycles. The van der Waals surface area contributed by atoms with Gasteiger partial charge in [0.25, 0.3) is 0 Å². The van der Waals surface area contributed by atoms with Crippen LogP contribution in [-0.2, 0) is 9.59 Å². The zero-order valence-corrected chi connectivity index (χ0v) is 10.2. The van der Waals surface area contributed by atoms with Gasteiger partial charge in [-0.05, 0) is 16.7 Å². The van der Waals surface area contributed by atoms with Crippen molar-refractivity contribution in [2.75, 3.05) is 6.54 Å². The van der Waals surface area contributed by atoms with Crippen molar-refractivity contribution in [2.24, 2.45) is 16.7 Å². The van der Waals surface area contributed by atoms with Crippen LogP contribution in [0.15, 0.2) is 12.2 Å². The lowest BCUT2D eigenvalue weighted by Crippen LogP contribution is -2.25. The van der Waals surface area contributed by atoms with Crippen LogP contribution >= 0.6 is 0 Å². The third kappa shape index (κ3) is 2.26. The standard InChI is InChI=1S/C12H19NO3/c1-11(2)8(12(11,3)4)7-13-9(14)5-6-10(15)16/h5-6,8H,7H2,1-4H3,(H,13,14)(H,15,16). The largest absolute Gasteiger partial charge is 0.478 e. The Labute approximate surface area is 95.7 Å². The van der Waals surface area contributed by atoms with Gasteiger partial charge in [-0.2, -0.15) is 0 Å². The first-order valence-electron chi connectivity index (χ1n) is 5.38. The summed E-state index contributed by atoms with van der Waals surface area (Å²) in [6.45, 7) is 9.31. The van der Waals surface area contributed by atoms with Gasteiger partial charge in [-0.1, -0.05) is 27.7 Å². The molecule has 0 aromatic carbocycles. The van der Waals surface area contributed by atoms with Gasteiger partial charge in [0, 0.05) is 18.7 Å². The summed E-state index contributed by atoms with van der Waals surface area (Å²) in [5, 5.41) is 11.1. The number of carboxylic acid groups (broad SMARTS) is 1. The summed E-state index contributed by atoms with van der Waals surface area (Å²) in [6.07, 6.45) is 1.89. The number of aliphatic carboxylic acids is 1. The molecule has 1 rings (SSSR count). The summed E-state index contributed by atoms with van der Waals surface area (Å²) in [7, 11) is 0. The van der Waals surface area contributed by atoms with Crippen molar-refractivity contribution in [3.8, 4) is 0 Å². The molecule has 90 valence electrons. The summed E-state index contributed by atoms with van der Waals surface area (Å²) in [6, 6.07) is 0. The molecule has 0 aromatic rings. The summed E-state index contributed by atoms with van der Waals surface area (Å²) in [5.74, 6) is -1.01. The van der Waals surface area contributed by atoms with Crippen LogP contribution in [-0.4, -0.2) is 23.5 Å². The SMILES string of the molecule is CC1(C)C(CNC(=O)C=CC(=O)O)C1(C)C. The monoisotopic (exact) mass is 225 g/mol. The minimum atomic E-state index is -1.11. The van der Waals surface area contributed by atoms with Crippen LogP contribution in [0.5, 0.6) is 0 Å². The van der Waals surface area contributed by atoms with E-state index < -0.39 is 5.97 Å². The second-order valence-electron chi connectivity index (χ2n) is 5.41. The quantitative estimate of drug-likeness (QED) is 0.711. The third-order valence-electron chi connectivity index (χ3n) is 4.18. The van der Waals surface area contributed by atoms with Crippen LogP contribution in [0.4, 0.5) is 0 Å². The highest BCUT2D eigenvalue weighted by Gasteiger charge is 2.64. The number of carbonyl (C=O) groups is 2. The van der Waals surface area contributed by atoms with E-state index in [2.05, 4.69) is 33.0 Å². The molecule has 0 saturated heterocycles. The smallest absolute Gasteiger partial charge is 0.328 e. The van der Waals surface area contributed by atoms with Crippen molar-refractivity contribution in [3.05, 3.63) is 12.2 Å². The van der Waals surface area contributed by atoms with Gasteiger partial charge in [0.15, 0.2) is 0 Å². The Hall–Kier alpha value is -1.32. The Balaban J connectivity index is 2.38. The summed E-state index contributed by atoms with van der Waals surface area (Å²) in [4.78, 5) is 21.4. The van der Waals surface area contributed by atoms with E-state index in [4.69, 9.17) is 5.11 Å². The average molecular weight is 225 g/mol. The molecule has 0 unspecified atom stereocenters. The second kappa shape index (κ2) is 3.92. The summed E-state index contributed by atoms with van der Waals surface area (Å²) >= 11 is 0. The highest BCUT2D eigenvalue weighted by molar-refractivity contribution is 5.93. The molecule has 0 atom stereocenters. The highest BCUT2D eigenvalue weighted by Crippen LogP contribution is 2.67. The molecule has 0 bridgehead atoms. The molecule has 1 amide bonds. The first kappa shape index (κ1) is 12.7. The minimum absolute atomic E-state index is 0.233. The van der Waals surface area contributed by atoms with Gasteiger partial charge < -0.3 is 10.4 Å². The molecule has 1 aliphatic rings. The van der Waals surface area contributed by atoms with Crippen molar-refractivity contribution in [3.63, 3.8) is 0 Å². The van der Waals surface area contributed by atoms with E-state index in [9.17, 15) is 9.59 Å². The van der Waals surface area contributed by atoms with Crippen molar-refractivity contribution in [1.29, 1.82) is 0 Å². The van der Waals surface area contributed by atoms with Gasteiger partial charge in [-0.25, -0.2) is 4.79 Å². The Bertz CT molecular complexity index is 328. The first-order valence-corrected chi connectivity index (χ1v) is 5.38. The average Bonchev–Trinajstić information content (AvgIpc) is 2.51. The van der Waals surface area contributed by atoms with E-state index in [-0.39, 0.29) is 16.7 Å². The molecule has 0 spiro atoms. The van der Waals surface area contributed by atoms with Gasteiger partial charge in [-0.15, -0.1) is 0 Å². The molecular weight excluding hydrogens is 206 g/mol. The lowest BCUT2D eigenvalue weighted by atomic mass is 10.0. The lowest BCUT2D eigenvalue weighted by Gasteiger charge is -2.04. The normalized spacial score (nSPS) is 22.0. The predicted octanol–water partition coefficient (Wildman–Crippen LogP) is 1.43. The third-order valence-corrected chi connectivity index (χ3v) is 4.18. The predicted molar refractivity (Wildman–Crippen MR) is 60.8 cm³/mol. The maximum absolute atomic E-state index is 11.2. The fourth-order valence-electron chi connectivity index (χ4n) is 2.25. The summed E-state index contributed by atoms with van der Waals surface area (Å²) in [5.41, 5.74) is 0.466. The van der Waals surface area contributed by atoms with Crippen molar-refractivity contribution >= 4 is 11.9 Å². The fourth-order valence-corrected chi connectivity index (χ4v) is 2.25. The van der Waals surface area contributed by atoms with Crippen LogP contribution in [0.2, 0.25) is 0 Å². The number of carbonyl (C=O) groups excluding carboxylic acids is 1. The summed E-state index contributed by atoms with van der Waals surface area (Å²) < 4.78 is 0. The van der Waals surface area contributed by atoms with Crippen molar-refractivity contribution in [1.82, 2.24) is 5.32 Å². The molecule has 0 radical (unpaired) electrons. The molecular formula is C12H19NO3. The minimum Gasteiger partial charge on any atom is -0.478 e. The van der Waals surface area contributed by atoms with E-state index in [1.54, 1.807) is 0 Å². The van der Waals surface area contributed by atoms with Gasteiger partial charge >= 0.3 is 5.97 Å². The zero-order valence-electron chi connectivity index (χ0n) is 10.2. The van der Waals surface area contributed by atoms with Gasteiger partial charge in [0.2, 0.25) is 5.91 Å². The van der Waals surface area contributed by atoms with Gasteiger partial charge in [-0.3, -0.25) is 4.79 Å².